The fraction of sp³-hybridized carbons (Fsp3) is 0.435. The van der Waals surface area contributed by atoms with Crippen molar-refractivity contribution >= 4 is 35.0 Å². The van der Waals surface area contributed by atoms with E-state index < -0.39 is 29.0 Å². The topological polar surface area (TPSA) is 49.3 Å². The van der Waals surface area contributed by atoms with E-state index in [9.17, 15) is 23.1 Å². The van der Waals surface area contributed by atoms with Gasteiger partial charge in [-0.05, 0) is 62.1 Å². The summed E-state index contributed by atoms with van der Waals surface area (Å²) in [7, 11) is 0. The molecule has 3 nitrogen and oxygen atoms in total. The number of rotatable bonds is 5. The number of amides is 1. The lowest BCUT2D eigenvalue weighted by Gasteiger charge is -2.42. The Bertz CT molecular complexity index is 981. The minimum absolute atomic E-state index is 0.173. The summed E-state index contributed by atoms with van der Waals surface area (Å²) in [5.41, 5.74) is -0.461. The van der Waals surface area contributed by atoms with E-state index in [2.05, 4.69) is 5.32 Å². The molecule has 2 saturated carbocycles. The van der Waals surface area contributed by atoms with Crippen molar-refractivity contribution in [2.24, 2.45) is 11.8 Å². The molecule has 0 heterocycles. The Hall–Kier alpha value is -1.70. The van der Waals surface area contributed by atoms with Crippen LogP contribution in [0.25, 0.3) is 0 Å². The number of thioether (sulfide) groups is 1. The van der Waals surface area contributed by atoms with Crippen LogP contribution in [0.2, 0.25) is 5.02 Å². The van der Waals surface area contributed by atoms with Gasteiger partial charge in [-0.2, -0.15) is 0 Å². The summed E-state index contributed by atoms with van der Waals surface area (Å²) in [4.78, 5) is 13.3. The van der Waals surface area contributed by atoms with Crippen molar-refractivity contribution in [3.63, 3.8) is 0 Å². The van der Waals surface area contributed by atoms with Crippen LogP contribution in [0, 0.1) is 29.3 Å². The highest BCUT2D eigenvalue weighted by atomic mass is 35.5. The predicted octanol–water partition coefficient (Wildman–Crippen LogP) is 6.43. The molecule has 2 fully saturated rings. The molecule has 2 aliphatic rings. The third-order valence-electron chi connectivity index (χ3n) is 6.67. The first kappa shape index (κ1) is 22.5. The quantitative estimate of drug-likeness (QED) is 0.496. The molecule has 0 radical (unpaired) electrons. The number of benzene rings is 2. The van der Waals surface area contributed by atoms with Gasteiger partial charge in [-0.15, -0.1) is 11.8 Å². The maximum Gasteiger partial charge on any atom is 0.255 e. The lowest BCUT2D eigenvalue weighted by molar-refractivity contribution is -0.0604. The molecule has 4 atom stereocenters. The van der Waals surface area contributed by atoms with Gasteiger partial charge in [0.15, 0.2) is 17.5 Å². The monoisotopic (exact) mass is 469 g/mol. The molecule has 2 aliphatic carbocycles. The molecule has 2 aromatic carbocycles. The third kappa shape index (κ3) is 4.32. The van der Waals surface area contributed by atoms with Gasteiger partial charge in [0.25, 0.3) is 5.91 Å². The van der Waals surface area contributed by atoms with E-state index >= 15 is 0 Å². The zero-order valence-corrected chi connectivity index (χ0v) is 18.5. The highest BCUT2D eigenvalue weighted by Crippen LogP contribution is 2.54. The number of fused-ring (bicyclic) bond motifs is 2. The lowest BCUT2D eigenvalue weighted by Crippen LogP contribution is -2.45. The standard InChI is InChI=1S/C23H23ClF3NO2S/c1-2-23(30)13-4-5-14(23)9-16(8-13)31-20-7-12(3-6-17(20)24)22(29)28-15-10-18(25)21(27)19(26)11-15/h3,6-7,10-11,13-14,16,30H,2,4-5,8-9H2,1H3,(H,28,29)/t13-,14?,16-,23-/m0/s1. The van der Waals surface area contributed by atoms with Crippen LogP contribution in [0.5, 0.6) is 0 Å². The normalized spacial score (nSPS) is 27.4. The van der Waals surface area contributed by atoms with Crippen LogP contribution < -0.4 is 5.32 Å². The summed E-state index contributed by atoms with van der Waals surface area (Å²) in [6.07, 6.45) is 4.62. The third-order valence-corrected chi connectivity index (χ3v) is 8.42. The van der Waals surface area contributed by atoms with Gasteiger partial charge in [-0.3, -0.25) is 4.79 Å². The van der Waals surface area contributed by atoms with Crippen LogP contribution in [0.4, 0.5) is 18.9 Å². The molecule has 0 saturated heterocycles. The van der Waals surface area contributed by atoms with Gasteiger partial charge in [-0.1, -0.05) is 18.5 Å². The molecule has 31 heavy (non-hydrogen) atoms. The second-order valence-corrected chi connectivity index (χ2v) is 10.1. The molecule has 1 unspecified atom stereocenters. The second kappa shape index (κ2) is 8.68. The number of hydrogen-bond donors (Lipinski definition) is 2. The molecule has 0 spiro atoms. The van der Waals surface area contributed by atoms with E-state index in [-0.39, 0.29) is 23.1 Å². The molecule has 4 rings (SSSR count). The first-order valence-electron chi connectivity index (χ1n) is 10.4. The summed E-state index contributed by atoms with van der Waals surface area (Å²) >= 11 is 7.97. The first-order valence-corrected chi connectivity index (χ1v) is 11.6. The summed E-state index contributed by atoms with van der Waals surface area (Å²) in [6, 6.07) is 6.26. The van der Waals surface area contributed by atoms with E-state index in [0.29, 0.717) is 10.3 Å². The number of hydrogen-bond acceptors (Lipinski definition) is 3. The Morgan fingerprint density at radius 1 is 1.16 bits per heavy atom. The van der Waals surface area contributed by atoms with Gasteiger partial charge in [0.2, 0.25) is 0 Å². The maximum atomic E-state index is 13.4. The highest BCUT2D eigenvalue weighted by molar-refractivity contribution is 8.00. The molecule has 0 aromatic heterocycles. The van der Waals surface area contributed by atoms with Crippen LogP contribution in [-0.4, -0.2) is 21.9 Å². The number of aliphatic hydroxyl groups is 1. The Balaban J connectivity index is 1.48. The molecular formula is C23H23ClF3NO2S. The number of nitrogens with one attached hydrogen (secondary N) is 1. The SMILES string of the molecule is CC[C@@]1(O)C2CC[C@H]1C[C@H](Sc1cc(C(=O)Nc3cc(F)c(F)c(F)c3)ccc1Cl)C2. The zero-order valence-electron chi connectivity index (χ0n) is 16.9. The fourth-order valence-electron chi connectivity index (χ4n) is 5.03. The first-order chi connectivity index (χ1) is 14.7. The van der Waals surface area contributed by atoms with Crippen molar-refractivity contribution in [1.82, 2.24) is 0 Å². The van der Waals surface area contributed by atoms with Gasteiger partial charge in [0, 0.05) is 33.5 Å². The molecule has 2 aromatic rings. The molecule has 2 bridgehead atoms. The van der Waals surface area contributed by atoms with Crippen molar-refractivity contribution in [3.8, 4) is 0 Å². The lowest BCUT2D eigenvalue weighted by atomic mass is 9.73. The highest BCUT2D eigenvalue weighted by Gasteiger charge is 2.52. The van der Waals surface area contributed by atoms with Gasteiger partial charge < -0.3 is 10.4 Å². The maximum absolute atomic E-state index is 13.4. The summed E-state index contributed by atoms with van der Waals surface area (Å²) in [6.45, 7) is 2.04. The van der Waals surface area contributed by atoms with E-state index in [1.165, 1.54) is 6.07 Å². The average Bonchev–Trinajstić information content (AvgIpc) is 2.90. The Morgan fingerprint density at radius 3 is 2.35 bits per heavy atom. The summed E-state index contributed by atoms with van der Waals surface area (Å²) in [5.74, 6) is -4.35. The van der Waals surface area contributed by atoms with E-state index in [1.807, 2.05) is 6.92 Å². The predicted molar refractivity (Wildman–Crippen MR) is 116 cm³/mol. The Morgan fingerprint density at radius 2 is 1.77 bits per heavy atom. The second-order valence-electron chi connectivity index (χ2n) is 8.38. The van der Waals surface area contributed by atoms with Gasteiger partial charge in [0.05, 0.1) is 10.6 Å². The van der Waals surface area contributed by atoms with Crippen molar-refractivity contribution in [3.05, 3.63) is 58.4 Å². The van der Waals surface area contributed by atoms with E-state index in [4.69, 9.17) is 11.6 Å². The number of anilines is 1. The molecule has 0 aliphatic heterocycles. The number of carbonyl (C=O) groups excluding carboxylic acids is 1. The largest absolute Gasteiger partial charge is 0.389 e. The minimum Gasteiger partial charge on any atom is -0.389 e. The Labute approximate surface area is 188 Å². The van der Waals surface area contributed by atoms with Crippen molar-refractivity contribution < 1.29 is 23.1 Å². The molecule has 8 heteroatoms. The van der Waals surface area contributed by atoms with Crippen LogP contribution >= 0.6 is 23.4 Å². The molecule has 1 amide bonds. The van der Waals surface area contributed by atoms with Crippen LogP contribution in [0.1, 0.15) is 49.4 Å². The van der Waals surface area contributed by atoms with Gasteiger partial charge >= 0.3 is 0 Å². The molecule has 2 N–H and O–H groups in total. The van der Waals surface area contributed by atoms with Crippen molar-refractivity contribution in [2.45, 2.75) is 54.8 Å². The van der Waals surface area contributed by atoms with E-state index in [0.717, 1.165) is 49.1 Å². The zero-order chi connectivity index (χ0) is 22.3. The number of carbonyl (C=O) groups is 1. The average molecular weight is 470 g/mol. The van der Waals surface area contributed by atoms with Crippen molar-refractivity contribution in [1.29, 1.82) is 0 Å². The molecule has 166 valence electrons. The smallest absolute Gasteiger partial charge is 0.255 e. The Kier molecular flexibility index (Phi) is 6.30. The van der Waals surface area contributed by atoms with E-state index in [1.54, 1.807) is 23.9 Å². The number of halogens is 4. The fourth-order valence-corrected chi connectivity index (χ4v) is 6.67. The van der Waals surface area contributed by atoms with Gasteiger partial charge in [0.1, 0.15) is 0 Å². The van der Waals surface area contributed by atoms with Gasteiger partial charge in [-0.25, -0.2) is 13.2 Å². The molecular weight excluding hydrogens is 447 g/mol. The summed E-state index contributed by atoms with van der Waals surface area (Å²) < 4.78 is 40.0. The minimum atomic E-state index is -1.58. The summed E-state index contributed by atoms with van der Waals surface area (Å²) in [5, 5.41) is 14.2. The van der Waals surface area contributed by atoms with Crippen LogP contribution in [0.3, 0.4) is 0 Å². The van der Waals surface area contributed by atoms with Crippen LogP contribution in [0.15, 0.2) is 35.2 Å². The van der Waals surface area contributed by atoms with Crippen LogP contribution in [-0.2, 0) is 0 Å². The van der Waals surface area contributed by atoms with Crippen molar-refractivity contribution in [2.75, 3.05) is 5.32 Å².